The van der Waals surface area contributed by atoms with Crippen molar-refractivity contribution >= 4 is 0 Å². The highest BCUT2D eigenvalue weighted by molar-refractivity contribution is 5.08. The van der Waals surface area contributed by atoms with Crippen molar-refractivity contribution in [2.75, 3.05) is 13.6 Å². The molecule has 0 amide bonds. The summed E-state index contributed by atoms with van der Waals surface area (Å²) in [5, 5.41) is 3.14. The Kier molecular flexibility index (Phi) is 4.39. The maximum Gasteiger partial charge on any atom is 0.0299 e. The lowest BCUT2D eigenvalue weighted by atomic mass is 10.1. The second-order valence-corrected chi connectivity index (χ2v) is 2.92. The fraction of sp³-hybridized carbons (Fsp3) is 0.500. The first kappa shape index (κ1) is 9.20. The molecular formula is C10H16N2. The summed E-state index contributed by atoms with van der Waals surface area (Å²) in [7, 11) is 1.99. The van der Waals surface area contributed by atoms with Crippen LogP contribution in [0.1, 0.15) is 18.4 Å². The molecule has 1 aromatic heterocycles. The summed E-state index contributed by atoms with van der Waals surface area (Å²) in [6.07, 6.45) is 7.39. The van der Waals surface area contributed by atoms with Crippen LogP contribution in [0.4, 0.5) is 0 Å². The predicted molar refractivity (Wildman–Crippen MR) is 51.1 cm³/mol. The van der Waals surface area contributed by atoms with Crippen molar-refractivity contribution in [3.8, 4) is 0 Å². The molecule has 0 saturated heterocycles. The molecule has 0 bridgehead atoms. The summed E-state index contributed by atoms with van der Waals surface area (Å²) in [6.45, 7) is 1.11. The van der Waals surface area contributed by atoms with Crippen LogP contribution in [0.25, 0.3) is 0 Å². The van der Waals surface area contributed by atoms with E-state index in [1.807, 2.05) is 25.5 Å². The smallest absolute Gasteiger partial charge is 0.0299 e. The van der Waals surface area contributed by atoms with Crippen LogP contribution >= 0.6 is 0 Å². The van der Waals surface area contributed by atoms with E-state index in [9.17, 15) is 0 Å². The van der Waals surface area contributed by atoms with Gasteiger partial charge in [-0.3, -0.25) is 4.98 Å². The zero-order chi connectivity index (χ0) is 8.65. The maximum atomic E-state index is 4.07. The summed E-state index contributed by atoms with van der Waals surface area (Å²) in [6, 6.07) is 4.12. The highest BCUT2D eigenvalue weighted by Gasteiger charge is 1.91. The molecule has 12 heavy (non-hydrogen) atoms. The average Bonchev–Trinajstić information content (AvgIpc) is 2.14. The number of nitrogens with zero attached hydrogens (tertiary/aromatic N) is 1. The summed E-state index contributed by atoms with van der Waals surface area (Å²) in [5.41, 5.74) is 1.34. The topological polar surface area (TPSA) is 24.9 Å². The van der Waals surface area contributed by atoms with E-state index in [4.69, 9.17) is 0 Å². The van der Waals surface area contributed by atoms with Crippen LogP contribution in [0.3, 0.4) is 0 Å². The zero-order valence-electron chi connectivity index (χ0n) is 7.59. The molecule has 0 saturated carbocycles. The summed E-state index contributed by atoms with van der Waals surface area (Å²) < 4.78 is 0. The average molecular weight is 164 g/mol. The maximum absolute atomic E-state index is 4.07. The number of pyridine rings is 1. The van der Waals surface area contributed by atoms with E-state index in [0.29, 0.717) is 0 Å². The number of hydrogen-bond donors (Lipinski definition) is 1. The zero-order valence-corrected chi connectivity index (χ0v) is 7.59. The SMILES string of the molecule is CNCCCCc1cccnc1. The van der Waals surface area contributed by atoms with E-state index in [1.54, 1.807) is 0 Å². The first-order valence-corrected chi connectivity index (χ1v) is 4.47. The fourth-order valence-electron chi connectivity index (χ4n) is 1.18. The second-order valence-electron chi connectivity index (χ2n) is 2.92. The number of hydrogen-bond acceptors (Lipinski definition) is 2. The van der Waals surface area contributed by atoms with Gasteiger partial charge in [-0.1, -0.05) is 6.07 Å². The molecule has 0 aliphatic heterocycles. The fourth-order valence-corrected chi connectivity index (χ4v) is 1.18. The molecular weight excluding hydrogens is 148 g/mol. The van der Waals surface area contributed by atoms with Gasteiger partial charge in [0.15, 0.2) is 0 Å². The molecule has 0 aliphatic rings. The molecule has 0 radical (unpaired) electrons. The minimum absolute atomic E-state index is 1.11. The third-order valence-electron chi connectivity index (χ3n) is 1.87. The van der Waals surface area contributed by atoms with E-state index in [0.717, 1.165) is 13.0 Å². The number of aryl methyl sites for hydroxylation is 1. The Morgan fingerprint density at radius 3 is 3.00 bits per heavy atom. The van der Waals surface area contributed by atoms with Crippen LogP contribution in [0.15, 0.2) is 24.5 Å². The molecule has 2 heteroatoms. The Balaban J connectivity index is 2.16. The molecule has 1 heterocycles. The van der Waals surface area contributed by atoms with E-state index in [-0.39, 0.29) is 0 Å². The second kappa shape index (κ2) is 5.72. The van der Waals surface area contributed by atoms with E-state index in [2.05, 4.69) is 16.4 Å². The number of aromatic nitrogens is 1. The van der Waals surface area contributed by atoms with Crippen molar-refractivity contribution in [2.24, 2.45) is 0 Å². The largest absolute Gasteiger partial charge is 0.320 e. The summed E-state index contributed by atoms with van der Waals surface area (Å²) in [5.74, 6) is 0. The lowest BCUT2D eigenvalue weighted by Gasteiger charge is -1.99. The van der Waals surface area contributed by atoms with E-state index in [1.165, 1.54) is 18.4 Å². The molecule has 0 atom stereocenters. The molecule has 1 rings (SSSR count). The Hall–Kier alpha value is -0.890. The minimum Gasteiger partial charge on any atom is -0.320 e. The van der Waals surface area contributed by atoms with Gasteiger partial charge in [0.2, 0.25) is 0 Å². The van der Waals surface area contributed by atoms with Crippen molar-refractivity contribution in [3.05, 3.63) is 30.1 Å². The quantitative estimate of drug-likeness (QED) is 0.669. The Labute approximate surface area is 74.0 Å². The lowest BCUT2D eigenvalue weighted by molar-refractivity contribution is 0.676. The van der Waals surface area contributed by atoms with Gasteiger partial charge >= 0.3 is 0 Å². The van der Waals surface area contributed by atoms with Crippen molar-refractivity contribution in [2.45, 2.75) is 19.3 Å². The summed E-state index contributed by atoms with van der Waals surface area (Å²) in [4.78, 5) is 4.07. The first-order valence-electron chi connectivity index (χ1n) is 4.47. The number of nitrogens with one attached hydrogen (secondary N) is 1. The van der Waals surface area contributed by atoms with Crippen LogP contribution < -0.4 is 5.32 Å². The highest BCUT2D eigenvalue weighted by atomic mass is 14.8. The summed E-state index contributed by atoms with van der Waals surface area (Å²) >= 11 is 0. The van der Waals surface area contributed by atoms with Gasteiger partial charge in [0.25, 0.3) is 0 Å². The van der Waals surface area contributed by atoms with Crippen LogP contribution in [0, 0.1) is 0 Å². The highest BCUT2D eigenvalue weighted by Crippen LogP contribution is 2.01. The van der Waals surface area contributed by atoms with Crippen LogP contribution in [-0.2, 0) is 6.42 Å². The molecule has 2 nitrogen and oxygen atoms in total. The van der Waals surface area contributed by atoms with Crippen molar-refractivity contribution < 1.29 is 0 Å². The molecule has 1 N–H and O–H groups in total. The van der Waals surface area contributed by atoms with Gasteiger partial charge in [-0.05, 0) is 44.5 Å². The van der Waals surface area contributed by atoms with Gasteiger partial charge in [-0.2, -0.15) is 0 Å². The Bertz CT molecular complexity index is 196. The van der Waals surface area contributed by atoms with Gasteiger partial charge < -0.3 is 5.32 Å². The van der Waals surface area contributed by atoms with Crippen molar-refractivity contribution in [1.29, 1.82) is 0 Å². The third-order valence-corrected chi connectivity index (χ3v) is 1.87. The van der Waals surface area contributed by atoms with Gasteiger partial charge in [0.1, 0.15) is 0 Å². The van der Waals surface area contributed by atoms with E-state index >= 15 is 0 Å². The van der Waals surface area contributed by atoms with Gasteiger partial charge in [0.05, 0.1) is 0 Å². The first-order chi connectivity index (χ1) is 5.93. The standard InChI is InChI=1S/C10H16N2/c1-11-7-3-2-5-10-6-4-8-12-9-10/h4,6,8-9,11H,2-3,5,7H2,1H3. The van der Waals surface area contributed by atoms with Crippen LogP contribution in [-0.4, -0.2) is 18.6 Å². The minimum atomic E-state index is 1.11. The van der Waals surface area contributed by atoms with E-state index < -0.39 is 0 Å². The normalized spacial score (nSPS) is 10.1. The Morgan fingerprint density at radius 2 is 2.33 bits per heavy atom. The van der Waals surface area contributed by atoms with Crippen LogP contribution in [0.2, 0.25) is 0 Å². The molecule has 0 aromatic carbocycles. The molecule has 0 fully saturated rings. The van der Waals surface area contributed by atoms with Gasteiger partial charge in [-0.15, -0.1) is 0 Å². The predicted octanol–water partition coefficient (Wildman–Crippen LogP) is 1.62. The third kappa shape index (κ3) is 3.49. The van der Waals surface area contributed by atoms with Gasteiger partial charge in [0, 0.05) is 12.4 Å². The van der Waals surface area contributed by atoms with Crippen LogP contribution in [0.5, 0.6) is 0 Å². The number of unbranched alkanes of at least 4 members (excludes halogenated alkanes) is 1. The molecule has 0 unspecified atom stereocenters. The van der Waals surface area contributed by atoms with Gasteiger partial charge in [-0.25, -0.2) is 0 Å². The molecule has 66 valence electrons. The Morgan fingerprint density at radius 1 is 1.42 bits per heavy atom. The number of rotatable bonds is 5. The molecule has 1 aromatic rings. The van der Waals surface area contributed by atoms with Crippen molar-refractivity contribution in [1.82, 2.24) is 10.3 Å². The monoisotopic (exact) mass is 164 g/mol. The lowest BCUT2D eigenvalue weighted by Crippen LogP contribution is -2.07. The van der Waals surface area contributed by atoms with Crippen molar-refractivity contribution in [3.63, 3.8) is 0 Å². The molecule has 0 aliphatic carbocycles. The molecule has 0 spiro atoms.